The lowest BCUT2D eigenvalue weighted by molar-refractivity contribution is -0.695. The average molecular weight is 513 g/mol. The summed E-state index contributed by atoms with van der Waals surface area (Å²) in [5.74, 6) is -1.15. The summed E-state index contributed by atoms with van der Waals surface area (Å²) in [4.78, 5) is 46.4. The monoisotopic (exact) mass is 512 g/mol. The number of thioether (sulfide) groups is 1. The first kappa shape index (κ1) is 24.6. The van der Waals surface area contributed by atoms with E-state index in [1.165, 1.54) is 15.4 Å². The van der Waals surface area contributed by atoms with Crippen molar-refractivity contribution in [3.05, 3.63) is 63.4 Å². The molecule has 1 saturated heterocycles. The molecule has 1 amide bonds. The second kappa shape index (κ2) is 10.8. The van der Waals surface area contributed by atoms with E-state index in [0.29, 0.717) is 27.2 Å². The number of hydrogen-bond donors (Lipinski definition) is 2. The number of nitrogens with one attached hydrogen (secondary N) is 2. The molecule has 0 saturated carbocycles. The summed E-state index contributed by atoms with van der Waals surface area (Å²) >= 11 is 6.40. The maximum atomic E-state index is 13.4. The maximum absolute atomic E-state index is 13.4. The number of amides is 1. The molecule has 1 aliphatic heterocycles. The number of aromatic amines is 1. The molecule has 0 aromatic carbocycles. The number of aliphatic carboxylic acids is 1. The van der Waals surface area contributed by atoms with Crippen molar-refractivity contribution in [2.45, 2.75) is 32.7 Å². The van der Waals surface area contributed by atoms with Gasteiger partial charge in [-0.15, -0.1) is 0 Å². The molecule has 12 heteroatoms. The summed E-state index contributed by atoms with van der Waals surface area (Å²) in [6.45, 7) is 3.40. The van der Waals surface area contributed by atoms with E-state index in [-0.39, 0.29) is 36.4 Å². The minimum absolute atomic E-state index is 0.166. The molecule has 10 nitrogen and oxygen atoms in total. The van der Waals surface area contributed by atoms with Crippen LogP contribution in [0.5, 0.6) is 0 Å². The van der Waals surface area contributed by atoms with Gasteiger partial charge in [0.05, 0.1) is 17.0 Å². The van der Waals surface area contributed by atoms with Gasteiger partial charge in [-0.1, -0.05) is 30.0 Å². The minimum Gasteiger partial charge on any atom is -0.550 e. The molecule has 1 fully saturated rings. The van der Waals surface area contributed by atoms with Crippen molar-refractivity contribution >= 4 is 57.7 Å². The Hall–Kier alpha value is -3.51. The maximum Gasteiger partial charge on any atom is 0.267 e. The Morgan fingerprint density at radius 3 is 2.91 bits per heavy atom. The number of nitrogens with zero attached hydrogens (tertiary/aromatic N) is 4. The number of pyridine rings is 1. The fourth-order valence-electron chi connectivity index (χ4n) is 3.66. The van der Waals surface area contributed by atoms with Crippen molar-refractivity contribution in [1.29, 1.82) is 0 Å². The van der Waals surface area contributed by atoms with E-state index in [1.807, 2.05) is 36.3 Å². The number of aryl methyl sites for hydroxylation is 2. The van der Waals surface area contributed by atoms with Gasteiger partial charge in [0, 0.05) is 31.7 Å². The topological polar surface area (TPSA) is 127 Å². The van der Waals surface area contributed by atoms with Crippen LogP contribution in [-0.4, -0.2) is 48.6 Å². The molecule has 0 radical (unpaired) electrons. The number of carbonyl (C=O) groups is 2. The zero-order valence-electron chi connectivity index (χ0n) is 19.0. The predicted octanol–water partition coefficient (Wildman–Crippen LogP) is 0.852. The molecular formula is C23H24N6O4S2. The zero-order chi connectivity index (χ0) is 24.9. The largest absolute Gasteiger partial charge is 0.550 e. The number of carboxylic acid groups (broad SMARTS) is 1. The van der Waals surface area contributed by atoms with E-state index >= 15 is 0 Å². The van der Waals surface area contributed by atoms with Crippen molar-refractivity contribution in [3.63, 3.8) is 0 Å². The average Bonchev–Trinajstić information content (AvgIpc) is 3.43. The first-order valence-electron chi connectivity index (χ1n) is 11.1. The highest BCUT2D eigenvalue weighted by molar-refractivity contribution is 8.26. The van der Waals surface area contributed by atoms with E-state index in [1.54, 1.807) is 12.3 Å². The Balaban J connectivity index is 1.62. The second-order valence-corrected chi connectivity index (χ2v) is 9.73. The number of anilines is 1. The predicted molar refractivity (Wildman–Crippen MR) is 134 cm³/mol. The van der Waals surface area contributed by atoms with Gasteiger partial charge in [-0.2, -0.15) is 0 Å². The molecule has 0 unspecified atom stereocenters. The van der Waals surface area contributed by atoms with Crippen LogP contribution in [0.2, 0.25) is 0 Å². The van der Waals surface area contributed by atoms with E-state index in [4.69, 9.17) is 12.2 Å². The van der Waals surface area contributed by atoms with Gasteiger partial charge in [-0.25, -0.2) is 9.55 Å². The highest BCUT2D eigenvalue weighted by Gasteiger charge is 2.32. The van der Waals surface area contributed by atoms with Gasteiger partial charge in [0.25, 0.3) is 11.5 Å². The molecule has 0 spiro atoms. The van der Waals surface area contributed by atoms with Crippen LogP contribution in [-0.2, 0) is 16.1 Å². The van der Waals surface area contributed by atoms with E-state index in [9.17, 15) is 19.5 Å². The fourth-order valence-corrected chi connectivity index (χ4v) is 4.95. The third kappa shape index (κ3) is 5.77. The summed E-state index contributed by atoms with van der Waals surface area (Å²) in [6.07, 6.45) is 9.72. The Bertz CT molecular complexity index is 1370. The normalized spacial score (nSPS) is 14.9. The molecular weight excluding hydrogens is 488 g/mol. The third-order valence-corrected chi connectivity index (χ3v) is 6.78. The summed E-state index contributed by atoms with van der Waals surface area (Å²) in [6, 6.07) is 3.66. The van der Waals surface area contributed by atoms with Gasteiger partial charge in [0.1, 0.15) is 28.2 Å². The molecule has 182 valence electrons. The number of aromatic nitrogens is 4. The minimum atomic E-state index is -1.18. The van der Waals surface area contributed by atoms with Crippen molar-refractivity contribution in [2.75, 3.05) is 18.4 Å². The lowest BCUT2D eigenvalue weighted by atomic mass is 10.2. The van der Waals surface area contributed by atoms with Crippen LogP contribution < -0.4 is 20.5 Å². The van der Waals surface area contributed by atoms with Gasteiger partial charge in [0.2, 0.25) is 6.33 Å². The van der Waals surface area contributed by atoms with Crippen LogP contribution in [0.25, 0.3) is 11.7 Å². The first-order chi connectivity index (χ1) is 16.8. The van der Waals surface area contributed by atoms with E-state index in [0.717, 1.165) is 30.3 Å². The highest BCUT2D eigenvalue weighted by atomic mass is 32.2. The molecule has 4 rings (SSSR count). The van der Waals surface area contributed by atoms with Gasteiger partial charge in [-0.05, 0) is 37.5 Å². The molecule has 1 aliphatic rings. The van der Waals surface area contributed by atoms with E-state index < -0.39 is 5.97 Å². The lowest BCUT2D eigenvalue weighted by Crippen LogP contribution is -2.31. The van der Waals surface area contributed by atoms with Crippen LogP contribution in [0.1, 0.15) is 30.4 Å². The smallest absolute Gasteiger partial charge is 0.267 e. The van der Waals surface area contributed by atoms with Crippen molar-refractivity contribution in [2.24, 2.45) is 0 Å². The Morgan fingerprint density at radius 2 is 2.17 bits per heavy atom. The number of rotatable bonds is 10. The van der Waals surface area contributed by atoms with Gasteiger partial charge in [0.15, 0.2) is 0 Å². The van der Waals surface area contributed by atoms with Gasteiger partial charge in [-0.3, -0.25) is 23.9 Å². The summed E-state index contributed by atoms with van der Waals surface area (Å²) in [5.41, 5.74) is 1.35. The molecule has 35 heavy (non-hydrogen) atoms. The fraction of sp³-hybridized carbons (Fsp3) is 0.304. The summed E-state index contributed by atoms with van der Waals surface area (Å²) in [5, 5.41) is 14.0. The Morgan fingerprint density at radius 1 is 1.34 bits per heavy atom. The number of imidazole rings is 1. The SMILES string of the molecule is Cc1ccc2nc(NCCC[n+]3cc[nH]c3)c(/C=C3\SC(=S)N(CCCC(=O)[O-])C3=O)c(=O)n2c1. The Kier molecular flexibility index (Phi) is 7.61. The molecule has 0 aliphatic carbocycles. The number of carbonyl (C=O) groups excluding carboxylic acids is 2. The van der Waals surface area contributed by atoms with Crippen LogP contribution in [0.15, 0.2) is 46.8 Å². The zero-order valence-corrected chi connectivity index (χ0v) is 20.7. The molecule has 3 aromatic rings. The first-order valence-corrected chi connectivity index (χ1v) is 12.3. The van der Waals surface area contributed by atoms with Gasteiger partial charge >= 0.3 is 0 Å². The summed E-state index contributed by atoms with van der Waals surface area (Å²) in [7, 11) is 0. The molecule has 4 heterocycles. The summed E-state index contributed by atoms with van der Waals surface area (Å²) < 4.78 is 3.80. The quantitative estimate of drug-likeness (QED) is 0.177. The number of carboxylic acids is 1. The van der Waals surface area contributed by atoms with Crippen LogP contribution in [0, 0.1) is 6.92 Å². The lowest BCUT2D eigenvalue weighted by Gasteiger charge is -2.14. The number of H-pyrrole nitrogens is 1. The molecule has 0 bridgehead atoms. The van der Waals surface area contributed by atoms with Gasteiger partial charge < -0.3 is 15.2 Å². The van der Waals surface area contributed by atoms with Crippen molar-refractivity contribution in [1.82, 2.24) is 19.3 Å². The Labute approximate surface area is 210 Å². The number of thiocarbonyl (C=S) groups is 1. The molecule has 2 N–H and O–H groups in total. The van der Waals surface area contributed by atoms with Crippen molar-refractivity contribution < 1.29 is 19.3 Å². The number of fused-ring (bicyclic) bond motifs is 1. The van der Waals surface area contributed by atoms with E-state index in [2.05, 4.69) is 15.3 Å². The molecule has 0 atom stereocenters. The van der Waals surface area contributed by atoms with Crippen molar-refractivity contribution in [3.8, 4) is 0 Å². The highest BCUT2D eigenvalue weighted by Crippen LogP contribution is 2.33. The standard InChI is InChI=1S/C23H24N6O4S2/c1-15-5-6-18-26-20(25-7-3-9-27-11-8-24-14-27)16(21(32)29(18)13-15)12-17-22(33)28(23(34)35-17)10-2-4-19(30)31/h5-6,8,11-14H,2-4,7,9-10H2,1H3,(H2,25,30,31,32,33). The van der Waals surface area contributed by atoms with Crippen LogP contribution in [0.3, 0.4) is 0 Å². The second-order valence-electron chi connectivity index (χ2n) is 8.05. The number of hydrogen-bond acceptors (Lipinski definition) is 8. The van der Waals surface area contributed by atoms with Crippen LogP contribution in [0.4, 0.5) is 5.82 Å². The molecule has 3 aromatic heterocycles. The third-order valence-electron chi connectivity index (χ3n) is 5.41. The van der Waals surface area contributed by atoms with Crippen LogP contribution >= 0.6 is 24.0 Å².